The number of carbonyl (C=O) groups excluding carboxylic acids is 1. The number of amides is 1. The molecule has 0 unspecified atom stereocenters. The van der Waals surface area contributed by atoms with E-state index in [2.05, 4.69) is 9.97 Å². The van der Waals surface area contributed by atoms with Gasteiger partial charge in [-0.1, -0.05) is 0 Å². The number of benzene rings is 1. The lowest BCUT2D eigenvalue weighted by Crippen LogP contribution is -2.27. The van der Waals surface area contributed by atoms with Crippen LogP contribution in [0.2, 0.25) is 0 Å². The molecule has 100 valence electrons. The molecule has 19 heavy (non-hydrogen) atoms. The molecule has 0 atom stereocenters. The number of nitrogens with zero attached hydrogens (tertiary/aromatic N) is 3. The van der Waals surface area contributed by atoms with Crippen molar-refractivity contribution in [3.63, 3.8) is 0 Å². The molecular formula is C11H12N4O4. The Morgan fingerprint density at radius 2 is 2.32 bits per heavy atom. The molecule has 1 aromatic carbocycles. The predicted octanol–water partition coefficient (Wildman–Crippen LogP) is 2.06. The summed E-state index contributed by atoms with van der Waals surface area (Å²) in [5.41, 5.74) is 1.16. The van der Waals surface area contributed by atoms with Crippen molar-refractivity contribution < 1.29 is 14.5 Å². The van der Waals surface area contributed by atoms with Gasteiger partial charge in [-0.2, -0.15) is 0 Å². The molecule has 2 rings (SSSR count). The second kappa shape index (κ2) is 4.92. The summed E-state index contributed by atoms with van der Waals surface area (Å²) in [5, 5.41) is 10.9. The van der Waals surface area contributed by atoms with Crippen molar-refractivity contribution in [3.05, 3.63) is 28.6 Å². The maximum Gasteiger partial charge on any atom is 0.414 e. The Morgan fingerprint density at radius 1 is 1.58 bits per heavy atom. The maximum atomic E-state index is 11.7. The number of anilines is 1. The lowest BCUT2D eigenvalue weighted by Gasteiger charge is -2.16. The first kappa shape index (κ1) is 12.8. The standard InChI is InChI=1S/C11H12N4O4/c1-3-19-11(16)14(2)9-5-7(15(17)18)4-8-10(9)13-6-12-8/h4-6H,3H2,1-2H3,(H,12,13). The highest BCUT2D eigenvalue weighted by Gasteiger charge is 2.20. The average Bonchev–Trinajstić information content (AvgIpc) is 2.84. The van der Waals surface area contributed by atoms with E-state index in [-0.39, 0.29) is 12.3 Å². The summed E-state index contributed by atoms with van der Waals surface area (Å²) in [6.45, 7) is 1.91. The molecule has 0 fully saturated rings. The molecule has 8 nitrogen and oxygen atoms in total. The van der Waals surface area contributed by atoms with E-state index in [4.69, 9.17) is 4.74 Å². The second-order valence-corrected chi connectivity index (χ2v) is 3.78. The van der Waals surface area contributed by atoms with Crippen LogP contribution in [0.1, 0.15) is 6.92 Å². The van der Waals surface area contributed by atoms with E-state index in [1.165, 1.54) is 30.4 Å². The Bertz CT molecular complexity index is 637. The lowest BCUT2D eigenvalue weighted by atomic mass is 10.2. The summed E-state index contributed by atoms with van der Waals surface area (Å²) in [6, 6.07) is 2.66. The summed E-state index contributed by atoms with van der Waals surface area (Å²) >= 11 is 0. The Kier molecular flexibility index (Phi) is 3.32. The van der Waals surface area contributed by atoms with E-state index in [9.17, 15) is 14.9 Å². The van der Waals surface area contributed by atoms with Gasteiger partial charge < -0.3 is 9.72 Å². The van der Waals surface area contributed by atoms with E-state index >= 15 is 0 Å². The molecule has 0 saturated heterocycles. The van der Waals surface area contributed by atoms with Gasteiger partial charge in [-0.05, 0) is 6.92 Å². The molecule has 0 aliphatic carbocycles. The quantitative estimate of drug-likeness (QED) is 0.675. The van der Waals surface area contributed by atoms with Crippen molar-refractivity contribution in [2.45, 2.75) is 6.92 Å². The number of aromatic nitrogens is 2. The molecule has 0 saturated carbocycles. The molecule has 0 spiro atoms. The van der Waals surface area contributed by atoms with Gasteiger partial charge in [-0.25, -0.2) is 9.78 Å². The van der Waals surface area contributed by atoms with Crippen LogP contribution in [0.25, 0.3) is 11.0 Å². The van der Waals surface area contributed by atoms with Gasteiger partial charge >= 0.3 is 6.09 Å². The topological polar surface area (TPSA) is 101 Å². The molecule has 1 aromatic heterocycles. The highest BCUT2D eigenvalue weighted by Crippen LogP contribution is 2.29. The van der Waals surface area contributed by atoms with Crippen molar-refractivity contribution in [1.29, 1.82) is 0 Å². The van der Waals surface area contributed by atoms with Crippen LogP contribution in [0.5, 0.6) is 0 Å². The molecule has 0 radical (unpaired) electrons. The first-order valence-corrected chi connectivity index (χ1v) is 5.56. The Labute approximate surface area is 108 Å². The van der Waals surface area contributed by atoms with Gasteiger partial charge in [0.2, 0.25) is 0 Å². The number of carbonyl (C=O) groups is 1. The van der Waals surface area contributed by atoms with Gasteiger partial charge in [-0.15, -0.1) is 0 Å². The number of nitro groups is 1. The van der Waals surface area contributed by atoms with Crippen LogP contribution in [0.15, 0.2) is 18.5 Å². The summed E-state index contributed by atoms with van der Waals surface area (Å²) in [4.78, 5) is 30.1. The molecular weight excluding hydrogens is 252 g/mol. The minimum Gasteiger partial charge on any atom is -0.449 e. The van der Waals surface area contributed by atoms with Crippen LogP contribution in [0.4, 0.5) is 16.2 Å². The number of hydrogen-bond donors (Lipinski definition) is 1. The van der Waals surface area contributed by atoms with Crippen molar-refractivity contribution in [3.8, 4) is 0 Å². The van der Waals surface area contributed by atoms with Crippen LogP contribution >= 0.6 is 0 Å². The number of nitrogens with one attached hydrogen (secondary N) is 1. The third-order valence-corrected chi connectivity index (χ3v) is 2.60. The zero-order chi connectivity index (χ0) is 14.0. The highest BCUT2D eigenvalue weighted by molar-refractivity contribution is 5.99. The van der Waals surface area contributed by atoms with E-state index in [1.54, 1.807) is 6.92 Å². The summed E-state index contributed by atoms with van der Waals surface area (Å²) in [6.07, 6.45) is 0.823. The summed E-state index contributed by atoms with van der Waals surface area (Å²) < 4.78 is 4.86. The Hall–Kier alpha value is -2.64. The van der Waals surface area contributed by atoms with Gasteiger partial charge in [0.15, 0.2) is 0 Å². The number of hydrogen-bond acceptors (Lipinski definition) is 5. The van der Waals surface area contributed by atoms with E-state index < -0.39 is 11.0 Å². The van der Waals surface area contributed by atoms with Crippen LogP contribution < -0.4 is 4.90 Å². The number of aromatic amines is 1. The Morgan fingerprint density at radius 3 is 2.95 bits per heavy atom. The van der Waals surface area contributed by atoms with Gasteiger partial charge in [0, 0.05) is 19.2 Å². The van der Waals surface area contributed by atoms with Gasteiger partial charge in [0.1, 0.15) is 5.52 Å². The average molecular weight is 264 g/mol. The second-order valence-electron chi connectivity index (χ2n) is 3.78. The SMILES string of the molecule is CCOC(=O)N(C)c1cc([N+](=O)[O-])cc2[nH]cnc12. The summed E-state index contributed by atoms with van der Waals surface area (Å²) in [7, 11) is 1.48. The van der Waals surface area contributed by atoms with E-state index in [1.807, 2.05) is 0 Å². The van der Waals surface area contributed by atoms with E-state index in [0.717, 1.165) is 0 Å². The van der Waals surface area contributed by atoms with Gasteiger partial charge in [0.25, 0.3) is 5.69 Å². The third-order valence-electron chi connectivity index (χ3n) is 2.60. The molecule has 0 bridgehead atoms. The van der Waals surface area contributed by atoms with Crippen LogP contribution in [0, 0.1) is 10.1 Å². The summed E-state index contributed by atoms with van der Waals surface area (Å²) in [5.74, 6) is 0. The zero-order valence-electron chi connectivity index (χ0n) is 10.4. The third kappa shape index (κ3) is 2.32. The van der Waals surface area contributed by atoms with Crippen molar-refractivity contribution in [2.24, 2.45) is 0 Å². The van der Waals surface area contributed by atoms with Crippen molar-refractivity contribution in [1.82, 2.24) is 9.97 Å². The molecule has 0 aliphatic heterocycles. The largest absolute Gasteiger partial charge is 0.449 e. The van der Waals surface area contributed by atoms with Crippen LogP contribution in [-0.4, -0.2) is 34.6 Å². The first-order chi connectivity index (χ1) is 9.04. The number of nitro benzene ring substituents is 1. The zero-order valence-corrected chi connectivity index (χ0v) is 10.4. The highest BCUT2D eigenvalue weighted by atomic mass is 16.6. The molecule has 8 heteroatoms. The molecule has 1 amide bonds. The normalized spacial score (nSPS) is 10.4. The van der Waals surface area contributed by atoms with Gasteiger partial charge in [-0.3, -0.25) is 15.0 Å². The number of non-ortho nitro benzene ring substituents is 1. The molecule has 2 aromatic rings. The minimum atomic E-state index is -0.590. The number of H-pyrrole nitrogens is 1. The number of fused-ring (bicyclic) bond motifs is 1. The smallest absolute Gasteiger partial charge is 0.414 e. The lowest BCUT2D eigenvalue weighted by molar-refractivity contribution is -0.384. The minimum absolute atomic E-state index is 0.122. The number of imidazole rings is 1. The fourth-order valence-corrected chi connectivity index (χ4v) is 1.70. The molecule has 1 heterocycles. The fraction of sp³-hybridized carbons (Fsp3) is 0.273. The van der Waals surface area contributed by atoms with Crippen molar-refractivity contribution in [2.75, 3.05) is 18.6 Å². The van der Waals surface area contributed by atoms with Crippen LogP contribution in [-0.2, 0) is 4.74 Å². The number of rotatable bonds is 3. The maximum absolute atomic E-state index is 11.7. The fourth-order valence-electron chi connectivity index (χ4n) is 1.70. The number of ether oxygens (including phenoxy) is 1. The van der Waals surface area contributed by atoms with E-state index in [0.29, 0.717) is 16.7 Å². The predicted molar refractivity (Wildman–Crippen MR) is 68.2 cm³/mol. The monoisotopic (exact) mass is 264 g/mol. The van der Waals surface area contributed by atoms with Gasteiger partial charge in [0.05, 0.1) is 29.1 Å². The van der Waals surface area contributed by atoms with Crippen molar-refractivity contribution >= 4 is 28.5 Å². The molecule has 1 N–H and O–H groups in total. The van der Waals surface area contributed by atoms with Crippen LogP contribution in [0.3, 0.4) is 0 Å². The first-order valence-electron chi connectivity index (χ1n) is 5.56. The Balaban J connectivity index is 2.54. The molecule has 0 aliphatic rings.